The number of hydrogen-bond acceptors (Lipinski definition) is 6. The molecule has 0 N–H and O–H groups in total. The van der Waals surface area contributed by atoms with E-state index >= 15 is 0 Å². The highest BCUT2D eigenvalue weighted by molar-refractivity contribution is 14.1. The van der Waals surface area contributed by atoms with Crippen LogP contribution >= 0.6 is 79.4 Å². The molecule has 2 aromatic rings. The average molecular weight is 763 g/mol. The minimum Gasteiger partial charge on any atom is -0.480 e. The largest absolute Gasteiger partial charge is 0.480 e. The van der Waals surface area contributed by atoms with E-state index in [1.165, 1.54) is 0 Å². The van der Waals surface area contributed by atoms with Crippen LogP contribution in [-0.2, 0) is 19.1 Å². The summed E-state index contributed by atoms with van der Waals surface area (Å²) in [5.41, 5.74) is 1.48. The standard InChI is InChI=1S/C20H13ClI3NO5/c1-2-28-17(26)9-29-18-14(23)5-10(6-15(18)24)7-16-20(27)30-19(25-16)12-8-11(22)3-4-13(12)21/h3-8H,2,9H2,1H3/b16-7-. The fraction of sp³-hybridized carbons (Fsp3) is 0.150. The van der Waals surface area contributed by atoms with Gasteiger partial charge in [0, 0.05) is 3.57 Å². The topological polar surface area (TPSA) is 74.2 Å². The fourth-order valence-corrected chi connectivity index (χ4v) is 5.30. The molecule has 30 heavy (non-hydrogen) atoms. The van der Waals surface area contributed by atoms with Gasteiger partial charge in [-0.2, -0.15) is 0 Å². The normalized spacial score (nSPS) is 14.5. The second-order valence-corrected chi connectivity index (χ2v) is 9.84. The van der Waals surface area contributed by atoms with E-state index in [1.54, 1.807) is 25.1 Å². The highest BCUT2D eigenvalue weighted by Gasteiger charge is 2.26. The monoisotopic (exact) mass is 763 g/mol. The van der Waals surface area contributed by atoms with E-state index in [2.05, 4.69) is 72.8 Å². The summed E-state index contributed by atoms with van der Waals surface area (Å²) in [5, 5.41) is 0.454. The van der Waals surface area contributed by atoms with Crippen molar-refractivity contribution in [3.63, 3.8) is 0 Å². The first-order chi connectivity index (χ1) is 14.3. The Morgan fingerprint density at radius 3 is 2.57 bits per heavy atom. The number of ether oxygens (including phenoxy) is 3. The molecule has 1 heterocycles. The highest BCUT2D eigenvalue weighted by atomic mass is 127. The van der Waals surface area contributed by atoms with Gasteiger partial charge in [0.2, 0.25) is 5.90 Å². The number of carbonyl (C=O) groups is 2. The first-order valence-corrected chi connectivity index (χ1v) is 12.2. The summed E-state index contributed by atoms with van der Waals surface area (Å²) in [4.78, 5) is 28.2. The average Bonchev–Trinajstić information content (AvgIpc) is 3.03. The van der Waals surface area contributed by atoms with Crippen molar-refractivity contribution in [1.82, 2.24) is 0 Å². The van der Waals surface area contributed by atoms with Crippen LogP contribution in [0.3, 0.4) is 0 Å². The number of cyclic esters (lactones) is 1. The summed E-state index contributed by atoms with van der Waals surface area (Å²) in [6, 6.07) is 9.05. The Bertz CT molecular complexity index is 1060. The van der Waals surface area contributed by atoms with Crippen molar-refractivity contribution in [2.24, 2.45) is 4.99 Å². The van der Waals surface area contributed by atoms with E-state index in [0.717, 1.165) is 16.3 Å². The van der Waals surface area contributed by atoms with E-state index in [-0.39, 0.29) is 18.2 Å². The van der Waals surface area contributed by atoms with Gasteiger partial charge in [0.15, 0.2) is 12.3 Å². The SMILES string of the molecule is CCOC(=O)COc1c(I)cc(/C=C2\N=C(c3cc(I)ccc3Cl)OC2=O)cc1I. The molecule has 0 saturated heterocycles. The molecular weight excluding hydrogens is 750 g/mol. The third kappa shape index (κ3) is 5.85. The molecule has 0 unspecified atom stereocenters. The zero-order valence-electron chi connectivity index (χ0n) is 15.4. The predicted octanol–water partition coefficient (Wildman–Crippen LogP) is 5.44. The molecule has 1 aliphatic heterocycles. The minimum atomic E-state index is -0.549. The number of aliphatic imine (C=N–C) groups is 1. The van der Waals surface area contributed by atoms with Crippen LogP contribution in [0.1, 0.15) is 18.1 Å². The summed E-state index contributed by atoms with van der Waals surface area (Å²) in [5.74, 6) is -0.225. The Morgan fingerprint density at radius 1 is 1.20 bits per heavy atom. The molecule has 2 aromatic carbocycles. The molecule has 3 rings (SSSR count). The van der Waals surface area contributed by atoms with Gasteiger partial charge in [0.05, 0.1) is 24.3 Å². The Labute approximate surface area is 218 Å². The third-order valence-electron chi connectivity index (χ3n) is 3.74. The quantitative estimate of drug-likeness (QED) is 0.223. The Balaban J connectivity index is 1.86. The number of hydrogen-bond donors (Lipinski definition) is 0. The highest BCUT2D eigenvalue weighted by Crippen LogP contribution is 2.31. The minimum absolute atomic E-state index is 0.170. The van der Waals surface area contributed by atoms with Gasteiger partial charge in [-0.05, 0) is 117 Å². The lowest BCUT2D eigenvalue weighted by Crippen LogP contribution is -2.15. The molecule has 1 aliphatic rings. The summed E-state index contributed by atoms with van der Waals surface area (Å²) >= 11 is 12.6. The lowest BCUT2D eigenvalue weighted by Gasteiger charge is -2.11. The molecule has 156 valence electrons. The van der Waals surface area contributed by atoms with E-state index in [0.29, 0.717) is 22.9 Å². The number of carbonyl (C=O) groups excluding carboxylic acids is 2. The van der Waals surface area contributed by atoms with Crippen LogP contribution < -0.4 is 4.74 Å². The first kappa shape index (κ1) is 23.7. The van der Waals surface area contributed by atoms with Gasteiger partial charge in [-0.1, -0.05) is 11.6 Å². The summed E-state index contributed by atoms with van der Waals surface area (Å²) in [7, 11) is 0. The Morgan fingerprint density at radius 2 is 1.90 bits per heavy atom. The van der Waals surface area contributed by atoms with Gasteiger partial charge in [0.1, 0.15) is 5.75 Å². The Kier molecular flexibility index (Phi) is 8.38. The molecule has 0 aromatic heterocycles. The van der Waals surface area contributed by atoms with E-state index in [9.17, 15) is 9.59 Å². The molecule has 0 aliphatic carbocycles. The fourth-order valence-electron chi connectivity index (χ4n) is 2.48. The second kappa shape index (κ2) is 10.6. The van der Waals surface area contributed by atoms with Crippen molar-refractivity contribution in [3.05, 3.63) is 62.9 Å². The molecule has 0 amide bonds. The number of rotatable bonds is 6. The predicted molar refractivity (Wildman–Crippen MR) is 139 cm³/mol. The molecule has 0 spiro atoms. The van der Waals surface area contributed by atoms with Crippen molar-refractivity contribution < 1.29 is 23.8 Å². The van der Waals surface area contributed by atoms with Gasteiger partial charge in [0.25, 0.3) is 0 Å². The Hall–Kier alpha value is -0.930. The smallest absolute Gasteiger partial charge is 0.363 e. The number of esters is 2. The van der Waals surface area contributed by atoms with Gasteiger partial charge in [-0.3, -0.25) is 0 Å². The molecule has 0 bridgehead atoms. The first-order valence-electron chi connectivity index (χ1n) is 8.54. The zero-order valence-corrected chi connectivity index (χ0v) is 22.6. The van der Waals surface area contributed by atoms with Crippen LogP contribution in [0.15, 0.2) is 41.0 Å². The van der Waals surface area contributed by atoms with Crippen LogP contribution in [0.4, 0.5) is 0 Å². The van der Waals surface area contributed by atoms with Crippen molar-refractivity contribution in [3.8, 4) is 5.75 Å². The maximum Gasteiger partial charge on any atom is 0.363 e. The van der Waals surface area contributed by atoms with E-state index in [4.69, 9.17) is 25.8 Å². The number of benzene rings is 2. The van der Waals surface area contributed by atoms with Crippen LogP contribution in [0.5, 0.6) is 5.75 Å². The van der Waals surface area contributed by atoms with Crippen LogP contribution in [0.25, 0.3) is 6.08 Å². The van der Waals surface area contributed by atoms with Crippen molar-refractivity contribution in [2.75, 3.05) is 13.2 Å². The molecular formula is C20H13ClI3NO5. The second-order valence-electron chi connectivity index (χ2n) is 5.87. The van der Waals surface area contributed by atoms with Crippen LogP contribution in [0.2, 0.25) is 5.02 Å². The number of nitrogens with zero attached hydrogens (tertiary/aromatic N) is 1. The third-order valence-corrected chi connectivity index (χ3v) is 6.35. The van der Waals surface area contributed by atoms with Crippen LogP contribution in [0, 0.1) is 10.7 Å². The summed E-state index contributed by atoms with van der Waals surface area (Å²) < 4.78 is 18.3. The van der Waals surface area contributed by atoms with Gasteiger partial charge in [-0.25, -0.2) is 14.6 Å². The summed E-state index contributed by atoms with van der Waals surface area (Å²) in [6.07, 6.45) is 1.64. The zero-order chi connectivity index (χ0) is 21.8. The van der Waals surface area contributed by atoms with Crippen molar-refractivity contribution in [2.45, 2.75) is 6.92 Å². The molecule has 6 nitrogen and oxygen atoms in total. The lowest BCUT2D eigenvalue weighted by atomic mass is 10.2. The molecule has 0 radical (unpaired) electrons. The van der Waals surface area contributed by atoms with Crippen molar-refractivity contribution in [1.29, 1.82) is 0 Å². The molecule has 0 atom stereocenters. The number of halogens is 4. The van der Waals surface area contributed by atoms with Gasteiger partial charge >= 0.3 is 11.9 Å². The maximum atomic E-state index is 12.3. The van der Waals surface area contributed by atoms with Gasteiger partial charge in [-0.15, -0.1) is 0 Å². The molecule has 0 fully saturated rings. The maximum absolute atomic E-state index is 12.3. The lowest BCUT2D eigenvalue weighted by molar-refractivity contribution is -0.145. The van der Waals surface area contributed by atoms with E-state index in [1.807, 2.05) is 18.2 Å². The van der Waals surface area contributed by atoms with E-state index < -0.39 is 11.9 Å². The van der Waals surface area contributed by atoms with Crippen LogP contribution in [-0.4, -0.2) is 31.1 Å². The summed E-state index contributed by atoms with van der Waals surface area (Å²) in [6.45, 7) is 1.87. The molecule has 10 heteroatoms. The van der Waals surface area contributed by atoms with Gasteiger partial charge < -0.3 is 14.2 Å². The van der Waals surface area contributed by atoms with Crippen molar-refractivity contribution >= 4 is 103 Å². The molecule has 0 saturated carbocycles.